The minimum atomic E-state index is -0.261. The van der Waals surface area contributed by atoms with Crippen molar-refractivity contribution in [1.29, 1.82) is 0 Å². The molecule has 1 aliphatic rings. The van der Waals surface area contributed by atoms with Crippen LogP contribution in [0.25, 0.3) is 22.3 Å². The Hall–Kier alpha value is -2.68. The van der Waals surface area contributed by atoms with Crippen molar-refractivity contribution in [2.75, 3.05) is 58.4 Å². The number of hydrogen-bond acceptors (Lipinski definition) is 7. The van der Waals surface area contributed by atoms with Gasteiger partial charge in [0.2, 0.25) is 0 Å². The number of likely N-dealkylation sites (N-methyl/N-ethyl adjacent to an activating group) is 1. The fourth-order valence-electron chi connectivity index (χ4n) is 3.40. The van der Waals surface area contributed by atoms with Gasteiger partial charge in [0.1, 0.15) is 17.2 Å². The zero-order chi connectivity index (χ0) is 20.9. The smallest absolute Gasteiger partial charge is 0.159 e. The zero-order valence-corrected chi connectivity index (χ0v) is 17.4. The molecule has 8 heteroatoms. The Morgan fingerprint density at radius 3 is 2.53 bits per heavy atom. The van der Waals surface area contributed by atoms with E-state index in [-0.39, 0.29) is 5.82 Å². The predicted octanol–water partition coefficient (Wildman–Crippen LogP) is 2.32. The van der Waals surface area contributed by atoms with Crippen LogP contribution in [0.15, 0.2) is 36.4 Å². The van der Waals surface area contributed by atoms with Crippen molar-refractivity contribution >= 4 is 16.9 Å². The van der Waals surface area contributed by atoms with Crippen LogP contribution in [0.2, 0.25) is 0 Å². The van der Waals surface area contributed by atoms with Crippen molar-refractivity contribution < 1.29 is 9.13 Å². The van der Waals surface area contributed by atoms with Crippen LogP contribution in [0.1, 0.15) is 5.82 Å². The number of pyridine rings is 1. The molecule has 0 aliphatic carbocycles. The second-order valence-electron chi connectivity index (χ2n) is 7.61. The van der Waals surface area contributed by atoms with E-state index in [1.807, 2.05) is 12.1 Å². The number of rotatable bonds is 7. The van der Waals surface area contributed by atoms with E-state index in [4.69, 9.17) is 19.7 Å². The third-order valence-corrected chi connectivity index (χ3v) is 5.04. The topological polar surface area (TPSA) is 66.4 Å². The van der Waals surface area contributed by atoms with E-state index in [0.717, 1.165) is 60.1 Å². The van der Waals surface area contributed by atoms with E-state index in [2.05, 4.69) is 29.2 Å². The lowest BCUT2D eigenvalue weighted by Crippen LogP contribution is -2.37. The van der Waals surface area contributed by atoms with Gasteiger partial charge in [-0.15, -0.1) is 0 Å². The Labute approximate surface area is 175 Å². The largest absolute Gasteiger partial charge is 0.378 e. The van der Waals surface area contributed by atoms with E-state index in [1.165, 1.54) is 12.1 Å². The number of benzene rings is 1. The maximum absolute atomic E-state index is 13.3. The molecule has 1 aliphatic heterocycles. The van der Waals surface area contributed by atoms with Crippen LogP contribution in [0.3, 0.4) is 0 Å². The molecule has 7 nitrogen and oxygen atoms in total. The highest BCUT2D eigenvalue weighted by Crippen LogP contribution is 2.27. The molecule has 3 heterocycles. The number of ether oxygens (including phenoxy) is 1. The van der Waals surface area contributed by atoms with Gasteiger partial charge < -0.3 is 19.9 Å². The molecule has 158 valence electrons. The summed E-state index contributed by atoms with van der Waals surface area (Å²) in [6.45, 7) is 5.28. The molecule has 1 saturated heterocycles. The van der Waals surface area contributed by atoms with Crippen LogP contribution in [0, 0.1) is 5.82 Å². The van der Waals surface area contributed by atoms with Gasteiger partial charge >= 0.3 is 0 Å². The predicted molar refractivity (Wildman–Crippen MR) is 116 cm³/mol. The number of nitrogens with zero attached hydrogens (tertiary/aromatic N) is 5. The molecule has 1 N–H and O–H groups in total. The molecule has 0 unspecified atom stereocenters. The first-order valence-corrected chi connectivity index (χ1v) is 10.2. The summed E-state index contributed by atoms with van der Waals surface area (Å²) in [5.41, 5.74) is 3.20. The average Bonchev–Trinajstić information content (AvgIpc) is 2.77. The van der Waals surface area contributed by atoms with Crippen molar-refractivity contribution in [3.05, 3.63) is 48.0 Å². The van der Waals surface area contributed by atoms with Crippen molar-refractivity contribution in [1.82, 2.24) is 25.2 Å². The normalized spacial score (nSPS) is 14.6. The second kappa shape index (κ2) is 9.42. The number of morpholine rings is 1. The zero-order valence-electron chi connectivity index (χ0n) is 17.4. The van der Waals surface area contributed by atoms with Gasteiger partial charge in [-0.2, -0.15) is 0 Å². The highest BCUT2D eigenvalue weighted by molar-refractivity contribution is 5.87. The molecule has 0 spiro atoms. The molecule has 0 atom stereocenters. The number of anilines is 1. The van der Waals surface area contributed by atoms with Gasteiger partial charge in [0.25, 0.3) is 0 Å². The van der Waals surface area contributed by atoms with Gasteiger partial charge in [0, 0.05) is 31.7 Å². The molecule has 30 heavy (non-hydrogen) atoms. The number of hydrogen-bond donors (Lipinski definition) is 1. The highest BCUT2D eigenvalue weighted by atomic mass is 19.1. The summed E-state index contributed by atoms with van der Waals surface area (Å²) in [4.78, 5) is 18.8. The molecular weight excluding hydrogens is 383 g/mol. The summed E-state index contributed by atoms with van der Waals surface area (Å²) < 4.78 is 18.8. The Balaban J connectivity index is 1.68. The van der Waals surface area contributed by atoms with Crippen molar-refractivity contribution in [3.8, 4) is 11.3 Å². The summed E-state index contributed by atoms with van der Waals surface area (Å²) >= 11 is 0. The summed E-state index contributed by atoms with van der Waals surface area (Å²) in [6, 6.07) is 10.3. The third-order valence-electron chi connectivity index (χ3n) is 5.04. The van der Waals surface area contributed by atoms with Gasteiger partial charge in [-0.25, -0.2) is 19.3 Å². The van der Waals surface area contributed by atoms with Gasteiger partial charge in [-0.05, 0) is 50.5 Å². The van der Waals surface area contributed by atoms with E-state index in [9.17, 15) is 4.39 Å². The molecule has 0 saturated carbocycles. The summed E-state index contributed by atoms with van der Waals surface area (Å²) in [5, 5.41) is 3.40. The van der Waals surface area contributed by atoms with Crippen LogP contribution < -0.4 is 10.2 Å². The minimum absolute atomic E-state index is 0.261. The maximum Gasteiger partial charge on any atom is 0.159 e. The van der Waals surface area contributed by atoms with Gasteiger partial charge in [-0.1, -0.05) is 0 Å². The maximum atomic E-state index is 13.3. The fourth-order valence-corrected chi connectivity index (χ4v) is 3.40. The molecule has 0 amide bonds. The Bertz CT molecular complexity index is 989. The first-order valence-electron chi connectivity index (χ1n) is 10.2. The van der Waals surface area contributed by atoms with Crippen LogP contribution in [-0.2, 0) is 11.3 Å². The average molecular weight is 410 g/mol. The SMILES string of the molecule is CN(C)CCNCc1nc(N2CCOCC2)c2nc(-c3ccc(F)cc3)ccc2n1. The van der Waals surface area contributed by atoms with Crippen LogP contribution in [-0.4, -0.2) is 73.3 Å². The van der Waals surface area contributed by atoms with Crippen LogP contribution >= 0.6 is 0 Å². The highest BCUT2D eigenvalue weighted by Gasteiger charge is 2.19. The third kappa shape index (κ3) is 4.89. The monoisotopic (exact) mass is 410 g/mol. The first kappa shape index (κ1) is 20.6. The van der Waals surface area contributed by atoms with E-state index >= 15 is 0 Å². The molecule has 0 radical (unpaired) electrons. The molecular formula is C22H27FN6O. The van der Waals surface area contributed by atoms with Crippen LogP contribution in [0.5, 0.6) is 0 Å². The standard InChI is InChI=1S/C22H27FN6O/c1-28(2)10-9-24-15-20-25-19-8-7-18(16-3-5-17(23)6-4-16)26-21(19)22(27-20)29-11-13-30-14-12-29/h3-8,24H,9-15H2,1-2H3. The minimum Gasteiger partial charge on any atom is -0.378 e. The Morgan fingerprint density at radius 1 is 1.03 bits per heavy atom. The molecule has 0 bridgehead atoms. The lowest BCUT2D eigenvalue weighted by molar-refractivity contribution is 0.122. The molecule has 1 aromatic carbocycles. The lowest BCUT2D eigenvalue weighted by atomic mass is 10.1. The number of halogens is 1. The summed E-state index contributed by atoms with van der Waals surface area (Å²) in [6.07, 6.45) is 0. The quantitative estimate of drug-likeness (QED) is 0.600. The molecule has 3 aromatic rings. The van der Waals surface area contributed by atoms with Crippen molar-refractivity contribution in [3.63, 3.8) is 0 Å². The second-order valence-corrected chi connectivity index (χ2v) is 7.61. The van der Waals surface area contributed by atoms with Gasteiger partial charge in [0.05, 0.1) is 31.0 Å². The van der Waals surface area contributed by atoms with E-state index < -0.39 is 0 Å². The lowest BCUT2D eigenvalue weighted by Gasteiger charge is -2.28. The van der Waals surface area contributed by atoms with Crippen molar-refractivity contribution in [2.45, 2.75) is 6.54 Å². The molecule has 4 rings (SSSR count). The molecule has 2 aromatic heterocycles. The van der Waals surface area contributed by atoms with E-state index in [0.29, 0.717) is 19.8 Å². The summed E-state index contributed by atoms with van der Waals surface area (Å²) in [7, 11) is 4.10. The number of nitrogens with one attached hydrogen (secondary N) is 1. The number of aromatic nitrogens is 3. The van der Waals surface area contributed by atoms with E-state index in [1.54, 1.807) is 12.1 Å². The van der Waals surface area contributed by atoms with Gasteiger partial charge in [0.15, 0.2) is 5.82 Å². The molecule has 1 fully saturated rings. The first-order chi connectivity index (χ1) is 14.6. The number of fused-ring (bicyclic) bond motifs is 1. The van der Waals surface area contributed by atoms with Crippen LogP contribution in [0.4, 0.5) is 10.2 Å². The Kier molecular flexibility index (Phi) is 6.47. The summed E-state index contributed by atoms with van der Waals surface area (Å²) in [5.74, 6) is 1.32. The van der Waals surface area contributed by atoms with Gasteiger partial charge in [-0.3, -0.25) is 0 Å². The Morgan fingerprint density at radius 2 is 1.80 bits per heavy atom. The fraction of sp³-hybridized carbons (Fsp3) is 0.409. The van der Waals surface area contributed by atoms with Crippen molar-refractivity contribution in [2.24, 2.45) is 0 Å².